The van der Waals surface area contributed by atoms with Crippen molar-refractivity contribution in [3.63, 3.8) is 0 Å². The van der Waals surface area contributed by atoms with Crippen molar-refractivity contribution >= 4 is 5.91 Å². The summed E-state index contributed by atoms with van der Waals surface area (Å²) in [4.78, 5) is 11.2. The highest BCUT2D eigenvalue weighted by molar-refractivity contribution is 5.94. The van der Waals surface area contributed by atoms with Crippen LogP contribution in [0.15, 0.2) is 18.2 Å². The van der Waals surface area contributed by atoms with E-state index in [4.69, 9.17) is 5.73 Å². The van der Waals surface area contributed by atoms with E-state index in [1.807, 2.05) is 19.1 Å². The van der Waals surface area contributed by atoms with Crippen molar-refractivity contribution in [3.05, 3.63) is 34.9 Å². The summed E-state index contributed by atoms with van der Waals surface area (Å²) in [5, 5.41) is 0. The molecule has 1 amide bonds. The molecule has 0 atom stereocenters. The van der Waals surface area contributed by atoms with E-state index in [1.165, 1.54) is 0 Å². The first kappa shape index (κ1) is 10.8. The van der Waals surface area contributed by atoms with Gasteiger partial charge < -0.3 is 5.73 Å². The molecule has 0 aliphatic rings. The molecule has 0 aromatic heterocycles. The zero-order valence-electron chi connectivity index (χ0n) is 9.00. The first-order valence-corrected chi connectivity index (χ1v) is 4.98. The minimum atomic E-state index is -0.329. The number of carbonyl (C=O) groups excluding carboxylic acids is 1. The third kappa shape index (κ3) is 2.13. The van der Waals surface area contributed by atoms with Crippen LogP contribution in [0.4, 0.5) is 0 Å². The fraction of sp³-hybridized carbons (Fsp3) is 0.417. The molecule has 0 saturated heterocycles. The zero-order chi connectivity index (χ0) is 10.7. The average molecular weight is 191 g/mol. The van der Waals surface area contributed by atoms with E-state index in [2.05, 4.69) is 19.9 Å². The number of hydrogen-bond acceptors (Lipinski definition) is 1. The first-order chi connectivity index (χ1) is 6.56. The Hall–Kier alpha value is -1.31. The number of benzene rings is 1. The number of nitrogens with two attached hydrogens (primary N) is 1. The SMILES string of the molecule is CCc1ccc(C(C)C)cc1C(N)=O. The maximum atomic E-state index is 11.2. The van der Waals surface area contributed by atoms with Gasteiger partial charge in [-0.25, -0.2) is 0 Å². The Kier molecular flexibility index (Phi) is 3.28. The third-order valence-electron chi connectivity index (χ3n) is 2.45. The Labute approximate surface area is 85.1 Å². The normalized spacial score (nSPS) is 10.6. The van der Waals surface area contributed by atoms with E-state index in [1.54, 1.807) is 0 Å². The summed E-state index contributed by atoms with van der Waals surface area (Å²) < 4.78 is 0. The molecule has 0 aliphatic carbocycles. The summed E-state index contributed by atoms with van der Waals surface area (Å²) in [7, 11) is 0. The van der Waals surface area contributed by atoms with Crippen molar-refractivity contribution in [2.75, 3.05) is 0 Å². The van der Waals surface area contributed by atoms with Crippen LogP contribution < -0.4 is 5.73 Å². The molecule has 2 nitrogen and oxygen atoms in total. The highest BCUT2D eigenvalue weighted by Gasteiger charge is 2.09. The minimum Gasteiger partial charge on any atom is -0.366 e. The van der Waals surface area contributed by atoms with Gasteiger partial charge in [-0.1, -0.05) is 32.9 Å². The fourth-order valence-corrected chi connectivity index (χ4v) is 1.49. The van der Waals surface area contributed by atoms with Crippen molar-refractivity contribution in [2.45, 2.75) is 33.1 Å². The van der Waals surface area contributed by atoms with Gasteiger partial charge >= 0.3 is 0 Å². The van der Waals surface area contributed by atoms with Gasteiger partial charge in [0.15, 0.2) is 0 Å². The molecule has 0 unspecified atom stereocenters. The number of amides is 1. The quantitative estimate of drug-likeness (QED) is 0.783. The Morgan fingerprint density at radius 2 is 2.07 bits per heavy atom. The summed E-state index contributed by atoms with van der Waals surface area (Å²) in [5.41, 5.74) is 8.18. The molecule has 0 bridgehead atoms. The molecule has 2 heteroatoms. The molecule has 1 aromatic carbocycles. The van der Waals surface area contributed by atoms with E-state index in [9.17, 15) is 4.79 Å². The predicted octanol–water partition coefficient (Wildman–Crippen LogP) is 2.47. The summed E-state index contributed by atoms with van der Waals surface area (Å²) in [6.07, 6.45) is 0.844. The van der Waals surface area contributed by atoms with Crippen LogP contribution in [0.25, 0.3) is 0 Å². The van der Waals surface area contributed by atoms with Gasteiger partial charge in [0, 0.05) is 5.56 Å². The van der Waals surface area contributed by atoms with E-state index < -0.39 is 0 Å². The van der Waals surface area contributed by atoms with Crippen molar-refractivity contribution in [3.8, 4) is 0 Å². The van der Waals surface area contributed by atoms with Crippen LogP contribution in [-0.2, 0) is 6.42 Å². The molecular weight excluding hydrogens is 174 g/mol. The molecule has 0 fully saturated rings. The molecule has 76 valence electrons. The Bertz CT molecular complexity index is 342. The van der Waals surface area contributed by atoms with Gasteiger partial charge in [-0.2, -0.15) is 0 Å². The highest BCUT2D eigenvalue weighted by atomic mass is 16.1. The van der Waals surface area contributed by atoms with Crippen LogP contribution in [0.3, 0.4) is 0 Å². The largest absolute Gasteiger partial charge is 0.366 e. The van der Waals surface area contributed by atoms with Gasteiger partial charge in [0.2, 0.25) is 5.91 Å². The topological polar surface area (TPSA) is 43.1 Å². The van der Waals surface area contributed by atoms with Crippen LogP contribution in [-0.4, -0.2) is 5.91 Å². The van der Waals surface area contributed by atoms with Crippen molar-refractivity contribution in [1.29, 1.82) is 0 Å². The Balaban J connectivity index is 3.21. The minimum absolute atomic E-state index is 0.329. The maximum Gasteiger partial charge on any atom is 0.248 e. The molecular formula is C12H17NO. The second-order valence-corrected chi connectivity index (χ2v) is 3.79. The Morgan fingerprint density at radius 1 is 1.43 bits per heavy atom. The molecule has 0 spiro atoms. The molecule has 14 heavy (non-hydrogen) atoms. The summed E-state index contributed by atoms with van der Waals surface area (Å²) in [6, 6.07) is 5.97. The molecule has 1 aromatic rings. The smallest absolute Gasteiger partial charge is 0.248 e. The van der Waals surface area contributed by atoms with Crippen molar-refractivity contribution in [2.24, 2.45) is 5.73 Å². The van der Waals surface area contributed by atoms with Gasteiger partial charge in [0.1, 0.15) is 0 Å². The third-order valence-corrected chi connectivity index (χ3v) is 2.45. The molecule has 0 radical (unpaired) electrons. The number of aryl methyl sites for hydroxylation is 1. The second-order valence-electron chi connectivity index (χ2n) is 3.79. The molecule has 0 saturated carbocycles. The van der Waals surface area contributed by atoms with Crippen LogP contribution >= 0.6 is 0 Å². The van der Waals surface area contributed by atoms with Gasteiger partial charge in [-0.3, -0.25) is 4.79 Å². The standard InChI is InChI=1S/C12H17NO/c1-4-9-5-6-10(8(2)3)7-11(9)12(13)14/h5-8H,4H2,1-3H3,(H2,13,14). The number of primary amides is 1. The van der Waals surface area contributed by atoms with Crippen LogP contribution in [0, 0.1) is 0 Å². The average Bonchev–Trinajstić information content (AvgIpc) is 2.16. The van der Waals surface area contributed by atoms with E-state index >= 15 is 0 Å². The maximum absolute atomic E-state index is 11.2. The fourth-order valence-electron chi connectivity index (χ4n) is 1.49. The molecule has 0 aliphatic heterocycles. The predicted molar refractivity (Wildman–Crippen MR) is 58.4 cm³/mol. The van der Waals surface area contributed by atoms with Crippen LogP contribution in [0.1, 0.15) is 48.2 Å². The monoisotopic (exact) mass is 191 g/mol. The lowest BCUT2D eigenvalue weighted by molar-refractivity contribution is 0.0999. The van der Waals surface area contributed by atoms with E-state index in [-0.39, 0.29) is 5.91 Å². The van der Waals surface area contributed by atoms with Crippen molar-refractivity contribution in [1.82, 2.24) is 0 Å². The molecule has 1 rings (SSSR count). The number of carbonyl (C=O) groups is 1. The Morgan fingerprint density at radius 3 is 2.50 bits per heavy atom. The summed E-state index contributed by atoms with van der Waals surface area (Å²) in [5.74, 6) is 0.100. The van der Waals surface area contributed by atoms with Gasteiger partial charge in [-0.05, 0) is 29.5 Å². The zero-order valence-corrected chi connectivity index (χ0v) is 9.00. The van der Waals surface area contributed by atoms with Gasteiger partial charge in [0.25, 0.3) is 0 Å². The second kappa shape index (κ2) is 4.27. The molecule has 2 N–H and O–H groups in total. The van der Waals surface area contributed by atoms with Crippen LogP contribution in [0.5, 0.6) is 0 Å². The highest BCUT2D eigenvalue weighted by Crippen LogP contribution is 2.19. The van der Waals surface area contributed by atoms with Gasteiger partial charge in [-0.15, -0.1) is 0 Å². The summed E-state index contributed by atoms with van der Waals surface area (Å²) >= 11 is 0. The van der Waals surface area contributed by atoms with Crippen molar-refractivity contribution < 1.29 is 4.79 Å². The van der Waals surface area contributed by atoms with E-state index in [0.717, 1.165) is 17.5 Å². The number of rotatable bonds is 3. The van der Waals surface area contributed by atoms with Crippen LogP contribution in [0.2, 0.25) is 0 Å². The summed E-state index contributed by atoms with van der Waals surface area (Å²) in [6.45, 7) is 6.23. The lowest BCUT2D eigenvalue weighted by Crippen LogP contribution is -2.14. The van der Waals surface area contributed by atoms with Gasteiger partial charge in [0.05, 0.1) is 0 Å². The lowest BCUT2D eigenvalue weighted by atomic mass is 9.96. The first-order valence-electron chi connectivity index (χ1n) is 4.98. The van der Waals surface area contributed by atoms with E-state index in [0.29, 0.717) is 11.5 Å². The number of hydrogen-bond donors (Lipinski definition) is 1. The molecule has 0 heterocycles. The lowest BCUT2D eigenvalue weighted by Gasteiger charge is -2.10.